The first kappa shape index (κ1) is 16.1. The molecule has 1 aromatic heterocycles. The van der Waals surface area contributed by atoms with Gasteiger partial charge in [0, 0.05) is 12.5 Å². The van der Waals surface area contributed by atoms with Crippen molar-refractivity contribution in [3.05, 3.63) is 11.6 Å². The summed E-state index contributed by atoms with van der Waals surface area (Å²) in [5.41, 5.74) is 5.85. The number of anilines is 1. The summed E-state index contributed by atoms with van der Waals surface area (Å²) in [5, 5.41) is 0. The average Bonchev–Trinajstić information content (AvgIpc) is 2.44. The third-order valence-electron chi connectivity index (χ3n) is 4.01. The minimum Gasteiger partial charge on any atom is -0.370 e. The Kier molecular flexibility index (Phi) is 5.14. The monoisotopic (exact) mass is 292 g/mol. The Hall–Kier alpha value is -1.23. The summed E-state index contributed by atoms with van der Waals surface area (Å²) in [4.78, 5) is 13.4. The summed E-state index contributed by atoms with van der Waals surface area (Å²) in [6.07, 6.45) is 5.96. The number of rotatable bonds is 4. The topological polar surface area (TPSA) is 73.9 Å². The molecule has 1 aliphatic rings. The van der Waals surface area contributed by atoms with Gasteiger partial charge in [0.1, 0.15) is 11.9 Å². The van der Waals surface area contributed by atoms with Crippen molar-refractivity contribution in [1.29, 1.82) is 0 Å². The van der Waals surface area contributed by atoms with Crippen molar-refractivity contribution in [3.8, 4) is 0 Å². The fourth-order valence-corrected chi connectivity index (χ4v) is 2.97. The van der Waals surface area contributed by atoms with Crippen molar-refractivity contribution in [1.82, 2.24) is 15.0 Å². The fraction of sp³-hybridized carbons (Fsp3) is 0.812. The van der Waals surface area contributed by atoms with Crippen LogP contribution >= 0.6 is 0 Å². The van der Waals surface area contributed by atoms with Crippen LogP contribution in [0.2, 0.25) is 0 Å². The predicted octanol–water partition coefficient (Wildman–Crippen LogP) is 3.63. The van der Waals surface area contributed by atoms with Gasteiger partial charge >= 0.3 is 0 Å². The number of ether oxygens (including phenoxy) is 1. The number of hydrogen-bond acceptors (Lipinski definition) is 5. The maximum absolute atomic E-state index is 5.93. The third kappa shape index (κ3) is 4.13. The molecule has 1 fully saturated rings. The average molecular weight is 292 g/mol. The Morgan fingerprint density at radius 2 is 1.81 bits per heavy atom. The van der Waals surface area contributed by atoms with Gasteiger partial charge in [-0.2, -0.15) is 9.97 Å². The summed E-state index contributed by atoms with van der Waals surface area (Å²) >= 11 is 0. The van der Waals surface area contributed by atoms with Gasteiger partial charge in [-0.25, -0.2) is 4.98 Å². The fourth-order valence-electron chi connectivity index (χ4n) is 2.97. The summed E-state index contributed by atoms with van der Waals surface area (Å²) in [5.74, 6) is 2.27. The Labute approximate surface area is 127 Å². The van der Waals surface area contributed by atoms with E-state index in [1.54, 1.807) is 0 Å². The van der Waals surface area contributed by atoms with E-state index in [1.807, 2.05) is 6.92 Å². The van der Waals surface area contributed by atoms with Crippen molar-refractivity contribution in [2.45, 2.75) is 71.8 Å². The van der Waals surface area contributed by atoms with Crippen LogP contribution in [0.1, 0.15) is 83.5 Å². The number of aromatic nitrogens is 3. The smallest absolute Gasteiger partial charge is 0.223 e. The SMILES string of the molecule is CCOC(c1nc(N)nc(C2CCCCC2)n1)C(C)(C)C. The first-order valence-electron chi connectivity index (χ1n) is 8.04. The molecule has 21 heavy (non-hydrogen) atoms. The van der Waals surface area contributed by atoms with Crippen molar-refractivity contribution >= 4 is 5.95 Å². The molecule has 2 N–H and O–H groups in total. The molecule has 0 amide bonds. The van der Waals surface area contributed by atoms with E-state index in [0.29, 0.717) is 24.3 Å². The number of nitrogens with zero attached hydrogens (tertiary/aromatic N) is 3. The highest BCUT2D eigenvalue weighted by molar-refractivity contribution is 5.19. The van der Waals surface area contributed by atoms with Crippen LogP contribution in [0.15, 0.2) is 0 Å². The Morgan fingerprint density at radius 1 is 1.14 bits per heavy atom. The molecule has 5 heteroatoms. The predicted molar refractivity (Wildman–Crippen MR) is 83.9 cm³/mol. The molecule has 0 radical (unpaired) electrons. The summed E-state index contributed by atoms with van der Waals surface area (Å²) < 4.78 is 5.88. The molecule has 0 aromatic carbocycles. The minimum atomic E-state index is -0.157. The Morgan fingerprint density at radius 3 is 2.38 bits per heavy atom. The van der Waals surface area contributed by atoms with Crippen LogP contribution in [0.4, 0.5) is 5.95 Å². The van der Waals surface area contributed by atoms with Crippen LogP contribution in [0.5, 0.6) is 0 Å². The van der Waals surface area contributed by atoms with E-state index in [1.165, 1.54) is 19.3 Å². The van der Waals surface area contributed by atoms with E-state index in [2.05, 4.69) is 30.7 Å². The standard InChI is InChI=1S/C16H28N4O/c1-5-21-12(16(2,3)4)14-18-13(19-15(17)20-14)11-9-7-6-8-10-11/h11-12H,5-10H2,1-4H3,(H2,17,18,19,20). The molecule has 1 aliphatic carbocycles. The lowest BCUT2D eigenvalue weighted by molar-refractivity contribution is -0.0193. The molecule has 2 rings (SSSR count). The summed E-state index contributed by atoms with van der Waals surface area (Å²) in [6.45, 7) is 9.02. The second-order valence-corrected chi connectivity index (χ2v) is 6.95. The van der Waals surface area contributed by atoms with E-state index in [4.69, 9.17) is 15.5 Å². The second-order valence-electron chi connectivity index (χ2n) is 6.95. The van der Waals surface area contributed by atoms with Crippen molar-refractivity contribution in [2.75, 3.05) is 12.3 Å². The molecule has 1 heterocycles. The first-order chi connectivity index (χ1) is 9.91. The molecule has 1 saturated carbocycles. The highest BCUT2D eigenvalue weighted by Gasteiger charge is 2.31. The Bertz CT molecular complexity index is 464. The normalized spacial score (nSPS) is 18.7. The molecule has 0 spiro atoms. The van der Waals surface area contributed by atoms with Crippen LogP contribution in [-0.4, -0.2) is 21.6 Å². The van der Waals surface area contributed by atoms with Crippen LogP contribution < -0.4 is 5.73 Å². The summed E-state index contributed by atoms with van der Waals surface area (Å²) in [6, 6.07) is 0. The molecular weight excluding hydrogens is 264 g/mol. The van der Waals surface area contributed by atoms with Gasteiger partial charge in [0.15, 0.2) is 5.82 Å². The molecule has 0 saturated heterocycles. The lowest BCUT2D eigenvalue weighted by Crippen LogP contribution is -2.25. The largest absolute Gasteiger partial charge is 0.370 e. The van der Waals surface area contributed by atoms with Gasteiger partial charge in [0.05, 0.1) is 0 Å². The second kappa shape index (κ2) is 6.69. The van der Waals surface area contributed by atoms with Gasteiger partial charge in [0.2, 0.25) is 5.95 Å². The van der Waals surface area contributed by atoms with Gasteiger partial charge in [-0.05, 0) is 25.2 Å². The lowest BCUT2D eigenvalue weighted by atomic mass is 9.87. The minimum absolute atomic E-state index is 0.0758. The quantitative estimate of drug-likeness (QED) is 0.917. The molecule has 0 bridgehead atoms. The van der Waals surface area contributed by atoms with Gasteiger partial charge < -0.3 is 10.5 Å². The summed E-state index contributed by atoms with van der Waals surface area (Å²) in [7, 11) is 0. The molecule has 5 nitrogen and oxygen atoms in total. The molecule has 1 unspecified atom stereocenters. The van der Waals surface area contributed by atoms with Crippen molar-refractivity contribution in [3.63, 3.8) is 0 Å². The molecular formula is C16H28N4O. The number of nitrogen functional groups attached to an aromatic ring is 1. The lowest BCUT2D eigenvalue weighted by Gasteiger charge is -2.29. The third-order valence-corrected chi connectivity index (χ3v) is 4.01. The van der Waals surface area contributed by atoms with E-state index in [0.717, 1.165) is 18.7 Å². The van der Waals surface area contributed by atoms with Crippen molar-refractivity contribution in [2.24, 2.45) is 5.41 Å². The highest BCUT2D eigenvalue weighted by Crippen LogP contribution is 2.36. The van der Waals surface area contributed by atoms with E-state index in [9.17, 15) is 0 Å². The zero-order valence-electron chi connectivity index (χ0n) is 13.7. The molecule has 0 aliphatic heterocycles. The Balaban J connectivity index is 2.32. The van der Waals surface area contributed by atoms with Gasteiger partial charge in [-0.3, -0.25) is 0 Å². The zero-order valence-corrected chi connectivity index (χ0v) is 13.7. The number of nitrogens with two attached hydrogens (primary N) is 1. The van der Waals surface area contributed by atoms with Crippen LogP contribution in [0.3, 0.4) is 0 Å². The highest BCUT2D eigenvalue weighted by atomic mass is 16.5. The zero-order chi connectivity index (χ0) is 15.5. The maximum Gasteiger partial charge on any atom is 0.223 e. The van der Waals surface area contributed by atoms with Crippen LogP contribution in [-0.2, 0) is 4.74 Å². The number of hydrogen-bond donors (Lipinski definition) is 1. The van der Waals surface area contributed by atoms with Gasteiger partial charge in [-0.15, -0.1) is 0 Å². The van der Waals surface area contributed by atoms with Gasteiger partial charge in [0.25, 0.3) is 0 Å². The van der Waals surface area contributed by atoms with E-state index >= 15 is 0 Å². The van der Waals surface area contributed by atoms with Crippen molar-refractivity contribution < 1.29 is 4.74 Å². The maximum atomic E-state index is 5.93. The molecule has 1 aromatic rings. The van der Waals surface area contributed by atoms with E-state index < -0.39 is 0 Å². The van der Waals surface area contributed by atoms with Crippen LogP contribution in [0.25, 0.3) is 0 Å². The molecule has 1 atom stereocenters. The molecule has 118 valence electrons. The van der Waals surface area contributed by atoms with Crippen LogP contribution in [0, 0.1) is 5.41 Å². The van der Waals surface area contributed by atoms with Gasteiger partial charge in [-0.1, -0.05) is 40.0 Å². The van der Waals surface area contributed by atoms with E-state index in [-0.39, 0.29) is 11.5 Å². The first-order valence-corrected chi connectivity index (χ1v) is 8.04.